The van der Waals surface area contributed by atoms with Gasteiger partial charge in [0, 0.05) is 31.9 Å². The second-order valence-corrected chi connectivity index (χ2v) is 7.37. The zero-order valence-corrected chi connectivity index (χ0v) is 17.0. The van der Waals surface area contributed by atoms with Crippen molar-refractivity contribution in [3.63, 3.8) is 0 Å². The molecule has 0 saturated carbocycles. The van der Waals surface area contributed by atoms with Crippen molar-refractivity contribution in [3.05, 3.63) is 59.4 Å². The van der Waals surface area contributed by atoms with Gasteiger partial charge < -0.3 is 15.5 Å². The van der Waals surface area contributed by atoms with Crippen molar-refractivity contribution in [1.29, 1.82) is 0 Å². The maximum Gasteiger partial charge on any atom is 0.238 e. The van der Waals surface area contributed by atoms with Crippen LogP contribution in [-0.4, -0.2) is 53.5 Å². The highest BCUT2D eigenvalue weighted by Gasteiger charge is 2.21. The smallest absolute Gasteiger partial charge is 0.238 e. The molecule has 0 aliphatic carbocycles. The highest BCUT2D eigenvalue weighted by Crippen LogP contribution is 2.19. The van der Waals surface area contributed by atoms with Crippen molar-refractivity contribution in [3.8, 4) is 0 Å². The Hall–Kier alpha value is -2.51. The first-order valence-corrected chi connectivity index (χ1v) is 9.74. The summed E-state index contributed by atoms with van der Waals surface area (Å²) < 4.78 is 13.8. The molecule has 5 nitrogen and oxygen atoms in total. The minimum Gasteiger partial charge on any atom is -0.346 e. The van der Waals surface area contributed by atoms with Gasteiger partial charge in [-0.3, -0.25) is 9.69 Å². The molecule has 2 N–H and O–H groups in total. The SMILES string of the molecule is Cc1cccc(C)c1NC(=O)CN1CCN(C(=S)Nc2ccccc2F)CC1. The van der Waals surface area contributed by atoms with E-state index in [4.69, 9.17) is 12.2 Å². The number of halogens is 1. The van der Waals surface area contributed by atoms with E-state index in [9.17, 15) is 9.18 Å². The molecule has 0 aromatic heterocycles. The van der Waals surface area contributed by atoms with Crippen molar-refractivity contribution < 1.29 is 9.18 Å². The van der Waals surface area contributed by atoms with E-state index in [0.717, 1.165) is 29.9 Å². The number of amides is 1. The quantitative estimate of drug-likeness (QED) is 0.771. The average Bonchev–Trinajstić information content (AvgIpc) is 2.67. The number of para-hydroxylation sites is 2. The van der Waals surface area contributed by atoms with Crippen LogP contribution in [0.25, 0.3) is 0 Å². The Kier molecular flexibility index (Phi) is 6.59. The first-order chi connectivity index (χ1) is 13.4. The van der Waals surface area contributed by atoms with Gasteiger partial charge in [-0.1, -0.05) is 30.3 Å². The van der Waals surface area contributed by atoms with Crippen LogP contribution in [0.1, 0.15) is 11.1 Å². The molecule has 0 bridgehead atoms. The largest absolute Gasteiger partial charge is 0.346 e. The van der Waals surface area contributed by atoms with Gasteiger partial charge in [-0.2, -0.15) is 0 Å². The molecular weight excluding hydrogens is 375 g/mol. The normalized spacial score (nSPS) is 14.6. The average molecular weight is 401 g/mol. The summed E-state index contributed by atoms with van der Waals surface area (Å²) in [6.45, 7) is 7.15. The molecule has 2 aromatic carbocycles. The molecule has 1 heterocycles. The van der Waals surface area contributed by atoms with Crippen LogP contribution in [0.2, 0.25) is 0 Å². The Morgan fingerprint density at radius 1 is 1.00 bits per heavy atom. The molecule has 1 fully saturated rings. The second-order valence-electron chi connectivity index (χ2n) is 6.99. The second kappa shape index (κ2) is 9.12. The van der Waals surface area contributed by atoms with Gasteiger partial charge in [0.1, 0.15) is 5.82 Å². The third kappa shape index (κ3) is 5.05. The van der Waals surface area contributed by atoms with Crippen molar-refractivity contribution >= 4 is 34.6 Å². The lowest BCUT2D eigenvalue weighted by molar-refractivity contribution is -0.117. The number of hydrogen-bond donors (Lipinski definition) is 2. The van der Waals surface area contributed by atoms with Crippen molar-refractivity contribution in [1.82, 2.24) is 9.80 Å². The number of aryl methyl sites for hydroxylation is 2. The molecule has 0 unspecified atom stereocenters. The Morgan fingerprint density at radius 2 is 1.64 bits per heavy atom. The first-order valence-electron chi connectivity index (χ1n) is 9.33. The summed E-state index contributed by atoms with van der Waals surface area (Å²) in [6.07, 6.45) is 0. The minimum atomic E-state index is -0.327. The third-order valence-electron chi connectivity index (χ3n) is 4.89. The van der Waals surface area contributed by atoms with Crippen molar-refractivity contribution in [2.45, 2.75) is 13.8 Å². The van der Waals surface area contributed by atoms with Crippen LogP contribution in [0.5, 0.6) is 0 Å². The number of carbonyl (C=O) groups is 1. The summed E-state index contributed by atoms with van der Waals surface area (Å²) in [4.78, 5) is 16.5. The van der Waals surface area contributed by atoms with Crippen LogP contribution >= 0.6 is 12.2 Å². The molecule has 0 radical (unpaired) electrons. The van der Waals surface area contributed by atoms with E-state index in [0.29, 0.717) is 30.4 Å². The zero-order valence-electron chi connectivity index (χ0n) is 16.2. The van der Waals surface area contributed by atoms with Crippen LogP contribution < -0.4 is 10.6 Å². The summed E-state index contributed by atoms with van der Waals surface area (Å²) in [6, 6.07) is 12.4. The lowest BCUT2D eigenvalue weighted by atomic mass is 10.1. The molecule has 2 aromatic rings. The fourth-order valence-corrected chi connectivity index (χ4v) is 3.55. The van der Waals surface area contributed by atoms with Gasteiger partial charge in [0.2, 0.25) is 5.91 Å². The Morgan fingerprint density at radius 3 is 2.29 bits per heavy atom. The molecule has 148 valence electrons. The van der Waals surface area contributed by atoms with Gasteiger partial charge in [-0.05, 0) is 49.3 Å². The summed E-state index contributed by atoms with van der Waals surface area (Å²) in [7, 11) is 0. The molecule has 28 heavy (non-hydrogen) atoms. The highest BCUT2D eigenvalue weighted by atomic mass is 32.1. The Bertz CT molecular complexity index is 845. The van der Waals surface area contributed by atoms with Gasteiger partial charge in [0.15, 0.2) is 5.11 Å². The molecule has 7 heteroatoms. The number of piperazine rings is 1. The Labute approximate surface area is 170 Å². The predicted octanol–water partition coefficient (Wildman–Crippen LogP) is 3.40. The summed E-state index contributed by atoms with van der Waals surface area (Å²) >= 11 is 5.41. The van der Waals surface area contributed by atoms with E-state index in [-0.39, 0.29) is 11.7 Å². The molecule has 1 saturated heterocycles. The summed E-state index contributed by atoms with van der Waals surface area (Å²) in [5.74, 6) is -0.343. The number of rotatable bonds is 4. The number of nitrogens with zero attached hydrogens (tertiary/aromatic N) is 2. The van der Waals surface area contributed by atoms with Gasteiger partial charge >= 0.3 is 0 Å². The summed E-state index contributed by atoms with van der Waals surface area (Å²) in [5.41, 5.74) is 3.38. The number of hydrogen-bond acceptors (Lipinski definition) is 3. The molecule has 0 spiro atoms. The van der Waals surface area contributed by atoms with E-state index in [1.165, 1.54) is 6.07 Å². The fraction of sp³-hybridized carbons (Fsp3) is 0.333. The molecule has 0 atom stereocenters. The summed E-state index contributed by atoms with van der Waals surface area (Å²) in [5, 5.41) is 6.49. The minimum absolute atomic E-state index is 0.0158. The highest BCUT2D eigenvalue weighted by molar-refractivity contribution is 7.80. The predicted molar refractivity (Wildman–Crippen MR) is 115 cm³/mol. The first kappa shape index (κ1) is 20.2. The lowest BCUT2D eigenvalue weighted by Gasteiger charge is -2.35. The van der Waals surface area contributed by atoms with Crippen LogP contribution in [0, 0.1) is 19.7 Å². The number of carbonyl (C=O) groups excluding carboxylic acids is 1. The number of thiocarbonyl (C=S) groups is 1. The standard InChI is InChI=1S/C21H25FN4OS/c1-15-6-5-7-16(2)20(15)24-19(27)14-25-10-12-26(13-11-25)21(28)23-18-9-4-3-8-17(18)22/h3-9H,10-14H2,1-2H3,(H,23,28)(H,24,27). The van der Waals surface area contributed by atoms with Crippen LogP contribution in [-0.2, 0) is 4.79 Å². The van der Waals surface area contributed by atoms with Crippen molar-refractivity contribution in [2.75, 3.05) is 43.4 Å². The number of benzene rings is 2. The van der Waals surface area contributed by atoms with Crippen LogP contribution in [0.15, 0.2) is 42.5 Å². The maximum absolute atomic E-state index is 13.8. The van der Waals surface area contributed by atoms with Crippen molar-refractivity contribution in [2.24, 2.45) is 0 Å². The third-order valence-corrected chi connectivity index (χ3v) is 5.25. The van der Waals surface area contributed by atoms with E-state index in [1.54, 1.807) is 18.2 Å². The molecule has 1 aliphatic rings. The van der Waals surface area contributed by atoms with Gasteiger partial charge in [-0.25, -0.2) is 4.39 Å². The number of nitrogens with one attached hydrogen (secondary N) is 2. The van der Waals surface area contributed by atoms with E-state index in [2.05, 4.69) is 15.5 Å². The van der Waals surface area contributed by atoms with Gasteiger partial charge in [-0.15, -0.1) is 0 Å². The monoisotopic (exact) mass is 400 g/mol. The molecule has 1 amide bonds. The van der Waals surface area contributed by atoms with Crippen LogP contribution in [0.4, 0.5) is 15.8 Å². The Balaban J connectivity index is 1.48. The molecule has 3 rings (SSSR count). The molecular formula is C21H25FN4OS. The van der Waals surface area contributed by atoms with E-state index < -0.39 is 0 Å². The maximum atomic E-state index is 13.8. The number of anilines is 2. The van der Waals surface area contributed by atoms with Gasteiger partial charge in [0.25, 0.3) is 0 Å². The van der Waals surface area contributed by atoms with Gasteiger partial charge in [0.05, 0.1) is 12.2 Å². The fourth-order valence-electron chi connectivity index (χ4n) is 3.26. The zero-order chi connectivity index (χ0) is 20.1. The van der Waals surface area contributed by atoms with E-state index >= 15 is 0 Å². The van der Waals surface area contributed by atoms with Crippen LogP contribution in [0.3, 0.4) is 0 Å². The van der Waals surface area contributed by atoms with E-state index in [1.807, 2.05) is 36.9 Å². The lowest BCUT2D eigenvalue weighted by Crippen LogP contribution is -2.51. The molecule has 1 aliphatic heterocycles. The topological polar surface area (TPSA) is 47.6 Å².